The monoisotopic (exact) mass is 500 g/mol. The Labute approximate surface area is 199 Å². The number of carbonyl (C=O) groups excluding carboxylic acids is 1. The molecule has 3 rings (SSSR count). The van der Waals surface area contributed by atoms with Gasteiger partial charge in [0.2, 0.25) is 5.91 Å². The number of hydrogen-bond donors (Lipinski definition) is 1. The standard InChI is InChI=1S/C20H19Cl3N4O3S/c1-4-27-19(11-5-6-12(21)13(22)7-11)25-26-20(27)31-10-18(28)24-15-9-16(29-2)14(23)8-17(15)30-3/h5-9H,4,10H2,1-3H3,(H,24,28). The van der Waals surface area contributed by atoms with E-state index in [0.29, 0.717) is 49.8 Å². The number of hydrogen-bond acceptors (Lipinski definition) is 6. The van der Waals surface area contributed by atoms with Gasteiger partial charge in [-0.2, -0.15) is 0 Å². The minimum atomic E-state index is -0.241. The lowest BCUT2D eigenvalue weighted by atomic mass is 10.2. The summed E-state index contributed by atoms with van der Waals surface area (Å²) >= 11 is 19.5. The Bertz CT molecular complexity index is 1110. The van der Waals surface area contributed by atoms with E-state index in [-0.39, 0.29) is 11.7 Å². The van der Waals surface area contributed by atoms with Crippen molar-refractivity contribution in [2.45, 2.75) is 18.6 Å². The number of amides is 1. The smallest absolute Gasteiger partial charge is 0.234 e. The van der Waals surface area contributed by atoms with E-state index in [1.165, 1.54) is 26.0 Å². The van der Waals surface area contributed by atoms with E-state index in [1.807, 2.05) is 17.6 Å². The second-order valence-electron chi connectivity index (χ2n) is 6.20. The third-order valence-electron chi connectivity index (χ3n) is 4.29. The number of methoxy groups -OCH3 is 2. The summed E-state index contributed by atoms with van der Waals surface area (Å²) in [6.45, 7) is 2.59. The highest BCUT2D eigenvalue weighted by molar-refractivity contribution is 7.99. The molecule has 0 aliphatic carbocycles. The number of carbonyl (C=O) groups is 1. The molecule has 0 atom stereocenters. The molecule has 0 bridgehead atoms. The zero-order chi connectivity index (χ0) is 22.5. The quantitative estimate of drug-likeness (QED) is 0.401. The zero-order valence-electron chi connectivity index (χ0n) is 16.9. The molecule has 0 radical (unpaired) electrons. The van der Waals surface area contributed by atoms with Crippen molar-refractivity contribution in [1.29, 1.82) is 0 Å². The molecule has 0 aliphatic rings. The van der Waals surface area contributed by atoms with Crippen molar-refractivity contribution in [2.24, 2.45) is 0 Å². The summed E-state index contributed by atoms with van der Waals surface area (Å²) in [7, 11) is 3.00. The third kappa shape index (κ3) is 5.38. The second-order valence-corrected chi connectivity index (χ2v) is 8.37. The van der Waals surface area contributed by atoms with Gasteiger partial charge in [0.05, 0.1) is 40.7 Å². The summed E-state index contributed by atoms with van der Waals surface area (Å²) in [4.78, 5) is 12.5. The zero-order valence-corrected chi connectivity index (χ0v) is 20.0. The summed E-state index contributed by atoms with van der Waals surface area (Å²) in [5.41, 5.74) is 1.25. The second kappa shape index (κ2) is 10.5. The van der Waals surface area contributed by atoms with Gasteiger partial charge in [0.15, 0.2) is 11.0 Å². The Hall–Kier alpha value is -2.13. The van der Waals surface area contributed by atoms with Crippen LogP contribution in [0.2, 0.25) is 15.1 Å². The summed E-state index contributed by atoms with van der Waals surface area (Å²) in [5, 5.41) is 13.2. The van der Waals surface area contributed by atoms with Gasteiger partial charge in [0, 0.05) is 24.2 Å². The molecule has 31 heavy (non-hydrogen) atoms. The van der Waals surface area contributed by atoms with Crippen molar-refractivity contribution in [2.75, 3.05) is 25.3 Å². The number of anilines is 1. The van der Waals surface area contributed by atoms with Gasteiger partial charge in [0.25, 0.3) is 0 Å². The van der Waals surface area contributed by atoms with E-state index in [0.717, 1.165) is 5.56 Å². The molecular formula is C20H19Cl3N4O3S. The van der Waals surface area contributed by atoms with Crippen molar-refractivity contribution in [3.8, 4) is 22.9 Å². The van der Waals surface area contributed by atoms with E-state index < -0.39 is 0 Å². The maximum Gasteiger partial charge on any atom is 0.234 e. The molecule has 164 valence electrons. The van der Waals surface area contributed by atoms with Crippen LogP contribution in [-0.4, -0.2) is 40.6 Å². The van der Waals surface area contributed by atoms with Crippen molar-refractivity contribution >= 4 is 58.2 Å². The van der Waals surface area contributed by atoms with Crippen molar-refractivity contribution < 1.29 is 14.3 Å². The number of nitrogens with zero attached hydrogens (tertiary/aromatic N) is 3. The minimum absolute atomic E-state index is 0.119. The highest BCUT2D eigenvalue weighted by Crippen LogP contribution is 2.36. The molecule has 0 spiro atoms. The molecule has 1 heterocycles. The van der Waals surface area contributed by atoms with Gasteiger partial charge in [-0.25, -0.2) is 0 Å². The fourth-order valence-electron chi connectivity index (χ4n) is 2.80. The molecule has 1 N–H and O–H groups in total. The van der Waals surface area contributed by atoms with Gasteiger partial charge in [0.1, 0.15) is 11.5 Å². The summed E-state index contributed by atoms with van der Waals surface area (Å²) in [5.74, 6) is 1.39. The van der Waals surface area contributed by atoms with Crippen LogP contribution >= 0.6 is 46.6 Å². The fraction of sp³-hybridized carbons (Fsp3) is 0.250. The van der Waals surface area contributed by atoms with Crippen LogP contribution in [0.4, 0.5) is 5.69 Å². The molecule has 0 aliphatic heterocycles. The Morgan fingerprint density at radius 1 is 1.03 bits per heavy atom. The lowest BCUT2D eigenvalue weighted by molar-refractivity contribution is -0.113. The van der Waals surface area contributed by atoms with E-state index in [9.17, 15) is 4.79 Å². The molecule has 0 unspecified atom stereocenters. The van der Waals surface area contributed by atoms with Crippen molar-refractivity contribution in [3.63, 3.8) is 0 Å². The van der Waals surface area contributed by atoms with Crippen LogP contribution < -0.4 is 14.8 Å². The third-order valence-corrected chi connectivity index (χ3v) is 6.29. The van der Waals surface area contributed by atoms with Crippen LogP contribution in [0.3, 0.4) is 0 Å². The topological polar surface area (TPSA) is 78.3 Å². The number of rotatable bonds is 8. The van der Waals surface area contributed by atoms with Crippen molar-refractivity contribution in [3.05, 3.63) is 45.4 Å². The molecule has 0 saturated carbocycles. The number of thioether (sulfide) groups is 1. The Morgan fingerprint density at radius 2 is 1.77 bits per heavy atom. The SMILES string of the molecule is CCn1c(SCC(=O)Nc2cc(OC)c(Cl)cc2OC)nnc1-c1ccc(Cl)c(Cl)c1. The summed E-state index contributed by atoms with van der Waals surface area (Å²) in [6, 6.07) is 8.47. The van der Waals surface area contributed by atoms with Gasteiger partial charge in [-0.1, -0.05) is 46.6 Å². The highest BCUT2D eigenvalue weighted by atomic mass is 35.5. The number of halogens is 3. The molecule has 11 heteroatoms. The number of aromatic nitrogens is 3. The maximum atomic E-state index is 12.5. The largest absolute Gasteiger partial charge is 0.495 e. The van der Waals surface area contributed by atoms with Gasteiger partial charge >= 0.3 is 0 Å². The lowest BCUT2D eigenvalue weighted by Crippen LogP contribution is -2.15. The first kappa shape index (κ1) is 23.5. The lowest BCUT2D eigenvalue weighted by Gasteiger charge is -2.13. The molecule has 0 fully saturated rings. The first-order valence-corrected chi connectivity index (χ1v) is 11.2. The summed E-state index contributed by atoms with van der Waals surface area (Å²) < 4.78 is 12.4. The molecular weight excluding hydrogens is 483 g/mol. The maximum absolute atomic E-state index is 12.5. The Balaban J connectivity index is 1.74. The minimum Gasteiger partial charge on any atom is -0.495 e. The van der Waals surface area contributed by atoms with Gasteiger partial charge < -0.3 is 19.4 Å². The predicted octanol–water partition coefficient (Wildman–Crippen LogP) is 5.67. The van der Waals surface area contributed by atoms with Crippen LogP contribution in [0.15, 0.2) is 35.5 Å². The first-order chi connectivity index (χ1) is 14.9. The van der Waals surface area contributed by atoms with Crippen LogP contribution in [-0.2, 0) is 11.3 Å². The van der Waals surface area contributed by atoms with Crippen LogP contribution in [0.1, 0.15) is 6.92 Å². The van der Waals surface area contributed by atoms with Crippen LogP contribution in [0, 0.1) is 0 Å². The van der Waals surface area contributed by atoms with Gasteiger partial charge in [-0.15, -0.1) is 10.2 Å². The van der Waals surface area contributed by atoms with Gasteiger partial charge in [-0.3, -0.25) is 4.79 Å². The normalized spacial score (nSPS) is 10.8. The molecule has 7 nitrogen and oxygen atoms in total. The van der Waals surface area contributed by atoms with Crippen LogP contribution in [0.25, 0.3) is 11.4 Å². The molecule has 3 aromatic rings. The molecule has 1 amide bonds. The highest BCUT2D eigenvalue weighted by Gasteiger charge is 2.17. The Kier molecular flexibility index (Phi) is 7.94. The Morgan fingerprint density at radius 3 is 2.42 bits per heavy atom. The predicted molar refractivity (Wildman–Crippen MR) is 125 cm³/mol. The van der Waals surface area contributed by atoms with E-state index in [1.54, 1.807) is 24.3 Å². The fourth-order valence-corrected chi connectivity index (χ4v) is 4.14. The average molecular weight is 502 g/mol. The molecule has 0 saturated heterocycles. The molecule has 2 aromatic carbocycles. The first-order valence-electron chi connectivity index (χ1n) is 9.10. The number of ether oxygens (including phenoxy) is 2. The number of nitrogens with one attached hydrogen (secondary N) is 1. The van der Waals surface area contributed by atoms with Crippen molar-refractivity contribution in [1.82, 2.24) is 14.8 Å². The van der Waals surface area contributed by atoms with Crippen LogP contribution in [0.5, 0.6) is 11.5 Å². The average Bonchev–Trinajstić information content (AvgIpc) is 3.18. The van der Waals surface area contributed by atoms with E-state index in [2.05, 4.69) is 15.5 Å². The van der Waals surface area contributed by atoms with E-state index in [4.69, 9.17) is 44.3 Å². The molecule has 1 aromatic heterocycles. The van der Waals surface area contributed by atoms with E-state index >= 15 is 0 Å². The number of benzene rings is 2. The van der Waals surface area contributed by atoms with Gasteiger partial charge in [-0.05, 0) is 25.1 Å². The summed E-state index contributed by atoms with van der Waals surface area (Å²) in [6.07, 6.45) is 0.